The summed E-state index contributed by atoms with van der Waals surface area (Å²) in [5.74, 6) is 0.163. The molecule has 4 nitrogen and oxygen atoms in total. The van der Waals surface area contributed by atoms with E-state index in [2.05, 4.69) is 17.4 Å². The van der Waals surface area contributed by atoms with Crippen LogP contribution in [0.3, 0.4) is 0 Å². The minimum Gasteiger partial charge on any atom is -0.376 e. The third kappa shape index (κ3) is 3.63. The minimum absolute atomic E-state index is 0.00587. The van der Waals surface area contributed by atoms with E-state index < -0.39 is 0 Å². The van der Waals surface area contributed by atoms with Gasteiger partial charge in [0.1, 0.15) is 6.17 Å². The van der Waals surface area contributed by atoms with Crippen molar-refractivity contribution in [3.63, 3.8) is 0 Å². The van der Waals surface area contributed by atoms with Crippen molar-refractivity contribution >= 4 is 5.91 Å². The van der Waals surface area contributed by atoms with Gasteiger partial charge in [0.15, 0.2) is 0 Å². The zero-order valence-electron chi connectivity index (χ0n) is 12.5. The monoisotopic (exact) mass is 288 g/mol. The quantitative estimate of drug-likeness (QED) is 0.905. The Balaban J connectivity index is 1.53. The summed E-state index contributed by atoms with van der Waals surface area (Å²) in [6, 6.07) is 10.1. The first kappa shape index (κ1) is 14.5. The number of amides is 1. The Morgan fingerprint density at radius 1 is 1.14 bits per heavy atom. The summed E-state index contributed by atoms with van der Waals surface area (Å²) in [6.07, 6.45) is 6.64. The average molecular weight is 288 g/mol. The van der Waals surface area contributed by atoms with Gasteiger partial charge in [-0.15, -0.1) is 0 Å². The number of carbonyl (C=O) groups excluding carboxylic acids is 1. The highest BCUT2D eigenvalue weighted by Gasteiger charge is 2.31. The molecule has 0 radical (unpaired) electrons. The van der Waals surface area contributed by atoms with Gasteiger partial charge in [0.25, 0.3) is 0 Å². The largest absolute Gasteiger partial charge is 0.376 e. The second-order valence-electron chi connectivity index (χ2n) is 5.91. The summed E-state index contributed by atoms with van der Waals surface area (Å²) in [5, 5.41) is 3.28. The van der Waals surface area contributed by atoms with E-state index in [9.17, 15) is 4.79 Å². The molecule has 1 saturated heterocycles. The predicted molar refractivity (Wildman–Crippen MR) is 81.7 cm³/mol. The van der Waals surface area contributed by atoms with Crippen LogP contribution in [0.4, 0.5) is 0 Å². The van der Waals surface area contributed by atoms with Crippen molar-refractivity contribution in [3.05, 3.63) is 35.9 Å². The lowest BCUT2D eigenvalue weighted by Gasteiger charge is -2.27. The third-order valence-corrected chi connectivity index (χ3v) is 4.43. The topological polar surface area (TPSA) is 41.6 Å². The number of carbonyl (C=O) groups is 1. The van der Waals surface area contributed by atoms with Crippen LogP contribution in [0.2, 0.25) is 0 Å². The van der Waals surface area contributed by atoms with Crippen LogP contribution in [-0.4, -0.2) is 36.6 Å². The Labute approximate surface area is 126 Å². The molecule has 1 unspecified atom stereocenters. The van der Waals surface area contributed by atoms with E-state index in [0.29, 0.717) is 25.8 Å². The Bertz CT molecular complexity index is 457. The number of nitrogens with one attached hydrogen (secondary N) is 1. The van der Waals surface area contributed by atoms with Crippen LogP contribution in [0.1, 0.15) is 43.8 Å². The van der Waals surface area contributed by atoms with Gasteiger partial charge in [0.2, 0.25) is 5.91 Å². The van der Waals surface area contributed by atoms with Gasteiger partial charge in [-0.3, -0.25) is 10.1 Å². The summed E-state index contributed by atoms with van der Waals surface area (Å²) in [4.78, 5) is 13.9. The van der Waals surface area contributed by atoms with Crippen LogP contribution in [0.25, 0.3) is 0 Å². The van der Waals surface area contributed by atoms with Crippen molar-refractivity contribution in [3.8, 4) is 0 Å². The molecule has 0 spiro atoms. The van der Waals surface area contributed by atoms with Crippen molar-refractivity contribution in [1.29, 1.82) is 0 Å². The molecule has 3 rings (SSSR count). The van der Waals surface area contributed by atoms with Crippen LogP contribution in [0.5, 0.6) is 0 Å². The van der Waals surface area contributed by atoms with Gasteiger partial charge in [-0.05, 0) is 18.4 Å². The highest BCUT2D eigenvalue weighted by Crippen LogP contribution is 2.23. The summed E-state index contributed by atoms with van der Waals surface area (Å²) in [6.45, 7) is 1.73. The molecule has 1 amide bonds. The lowest BCUT2D eigenvalue weighted by atomic mass is 9.98. The summed E-state index contributed by atoms with van der Waals surface area (Å²) >= 11 is 0. The second-order valence-corrected chi connectivity index (χ2v) is 5.91. The molecule has 2 aliphatic rings. The number of hydrogen-bond acceptors (Lipinski definition) is 3. The minimum atomic E-state index is -0.00587. The van der Waals surface area contributed by atoms with Crippen LogP contribution in [-0.2, 0) is 9.53 Å². The number of hydrogen-bond donors (Lipinski definition) is 1. The van der Waals surface area contributed by atoms with Gasteiger partial charge < -0.3 is 9.64 Å². The third-order valence-electron chi connectivity index (χ3n) is 4.43. The first-order chi connectivity index (χ1) is 10.3. The normalized spacial score (nSPS) is 23.7. The number of rotatable bonds is 5. The van der Waals surface area contributed by atoms with Gasteiger partial charge in [0, 0.05) is 6.54 Å². The molecule has 1 heterocycles. The highest BCUT2D eigenvalue weighted by molar-refractivity contribution is 5.80. The second kappa shape index (κ2) is 7.05. The molecule has 1 aliphatic carbocycles. The zero-order valence-corrected chi connectivity index (χ0v) is 12.5. The van der Waals surface area contributed by atoms with Gasteiger partial charge in [-0.25, -0.2) is 0 Å². The van der Waals surface area contributed by atoms with E-state index >= 15 is 0 Å². The smallest absolute Gasteiger partial charge is 0.238 e. The van der Waals surface area contributed by atoms with Crippen molar-refractivity contribution < 1.29 is 9.53 Å². The van der Waals surface area contributed by atoms with Crippen molar-refractivity contribution in [1.82, 2.24) is 10.2 Å². The lowest BCUT2D eigenvalue weighted by molar-refractivity contribution is -0.129. The standard InChI is InChI=1S/C17H24N2O2/c20-16-13-18-17(14-7-3-1-4-8-14)19(16)11-12-21-15-9-5-2-6-10-15/h1,3-4,7-8,15,17-18H,2,5-6,9-13H2. The molecule has 1 atom stereocenters. The molecular formula is C17H24N2O2. The Morgan fingerprint density at radius 2 is 1.90 bits per heavy atom. The molecule has 2 fully saturated rings. The van der Waals surface area contributed by atoms with E-state index in [1.54, 1.807) is 0 Å². The maximum Gasteiger partial charge on any atom is 0.238 e. The van der Waals surface area contributed by atoms with Crippen molar-refractivity contribution in [2.45, 2.75) is 44.4 Å². The molecule has 4 heteroatoms. The van der Waals surface area contributed by atoms with E-state index in [1.165, 1.54) is 32.1 Å². The maximum atomic E-state index is 12.0. The first-order valence-corrected chi connectivity index (χ1v) is 8.04. The molecule has 1 N–H and O–H groups in total. The van der Waals surface area contributed by atoms with Gasteiger partial charge in [0.05, 0.1) is 19.3 Å². The molecule has 0 aromatic heterocycles. The maximum absolute atomic E-state index is 12.0. The predicted octanol–water partition coefficient (Wildman–Crippen LogP) is 2.47. The van der Waals surface area contributed by atoms with Crippen LogP contribution in [0, 0.1) is 0 Å². The van der Waals surface area contributed by atoms with E-state index in [4.69, 9.17) is 4.74 Å². The molecular weight excluding hydrogens is 264 g/mol. The fourth-order valence-corrected chi connectivity index (χ4v) is 3.28. The van der Waals surface area contributed by atoms with Crippen molar-refractivity contribution in [2.24, 2.45) is 0 Å². The Morgan fingerprint density at radius 3 is 2.67 bits per heavy atom. The van der Waals surface area contributed by atoms with E-state index in [0.717, 1.165) is 5.56 Å². The van der Waals surface area contributed by atoms with E-state index in [-0.39, 0.29) is 12.1 Å². The van der Waals surface area contributed by atoms with Gasteiger partial charge in [-0.1, -0.05) is 49.6 Å². The number of ether oxygens (including phenoxy) is 1. The van der Waals surface area contributed by atoms with Gasteiger partial charge >= 0.3 is 0 Å². The zero-order chi connectivity index (χ0) is 14.5. The SMILES string of the molecule is O=C1CNC(c2ccccc2)N1CCOC1CCCCC1. The summed E-state index contributed by atoms with van der Waals surface area (Å²) in [7, 11) is 0. The summed E-state index contributed by atoms with van der Waals surface area (Å²) < 4.78 is 5.96. The number of nitrogens with zero attached hydrogens (tertiary/aromatic N) is 1. The lowest BCUT2D eigenvalue weighted by Crippen LogP contribution is -2.34. The highest BCUT2D eigenvalue weighted by atomic mass is 16.5. The fraction of sp³-hybridized carbons (Fsp3) is 0.588. The molecule has 1 aromatic rings. The van der Waals surface area contributed by atoms with Crippen molar-refractivity contribution in [2.75, 3.05) is 19.7 Å². The fourth-order valence-electron chi connectivity index (χ4n) is 3.28. The van der Waals surface area contributed by atoms with Crippen LogP contribution in [0.15, 0.2) is 30.3 Å². The molecule has 21 heavy (non-hydrogen) atoms. The molecule has 114 valence electrons. The van der Waals surface area contributed by atoms with Crippen LogP contribution < -0.4 is 5.32 Å². The first-order valence-electron chi connectivity index (χ1n) is 8.04. The molecule has 1 aromatic carbocycles. The Hall–Kier alpha value is -1.39. The average Bonchev–Trinajstić information content (AvgIpc) is 2.91. The van der Waals surface area contributed by atoms with E-state index in [1.807, 2.05) is 23.1 Å². The molecule has 1 saturated carbocycles. The molecule has 1 aliphatic heterocycles. The molecule has 0 bridgehead atoms. The Kier molecular flexibility index (Phi) is 4.88. The summed E-state index contributed by atoms with van der Waals surface area (Å²) in [5.41, 5.74) is 1.14. The number of benzene rings is 1. The van der Waals surface area contributed by atoms with Crippen LogP contribution >= 0.6 is 0 Å². The van der Waals surface area contributed by atoms with Gasteiger partial charge in [-0.2, -0.15) is 0 Å².